The van der Waals surface area contributed by atoms with E-state index in [0.29, 0.717) is 18.7 Å². The molecule has 3 rings (SSSR count). The maximum Gasteiger partial charge on any atom is 0.226 e. The molecule has 0 saturated carbocycles. The summed E-state index contributed by atoms with van der Waals surface area (Å²) >= 11 is 0. The fourth-order valence-electron chi connectivity index (χ4n) is 3.03. The van der Waals surface area contributed by atoms with E-state index in [9.17, 15) is 9.18 Å². The number of nitrogens with one attached hydrogen (secondary N) is 1. The zero-order valence-electron chi connectivity index (χ0n) is 16.0. The van der Waals surface area contributed by atoms with Crippen LogP contribution in [0.3, 0.4) is 0 Å². The molecule has 3 aromatic rings. The number of hydrogen-bond acceptors (Lipinski definition) is 3. The van der Waals surface area contributed by atoms with Crippen molar-refractivity contribution < 1.29 is 9.18 Å². The second kappa shape index (κ2) is 7.73. The Hall–Kier alpha value is -2.96. The average molecular weight is 369 g/mol. The highest BCUT2D eigenvalue weighted by molar-refractivity contribution is 5.90. The minimum absolute atomic E-state index is 0.0355. The monoisotopic (exact) mass is 369 g/mol. The highest BCUT2D eigenvalue weighted by Crippen LogP contribution is 2.19. The third-order valence-corrected chi connectivity index (χ3v) is 4.76. The van der Waals surface area contributed by atoms with Gasteiger partial charge < -0.3 is 5.32 Å². The first-order valence-electron chi connectivity index (χ1n) is 8.92. The van der Waals surface area contributed by atoms with Crippen molar-refractivity contribution in [2.24, 2.45) is 0 Å². The van der Waals surface area contributed by atoms with Gasteiger partial charge in [-0.05, 0) is 51.0 Å². The topological polar surface area (TPSA) is 64.7 Å². The zero-order chi connectivity index (χ0) is 19.6. The highest BCUT2D eigenvalue weighted by Gasteiger charge is 2.16. The highest BCUT2D eigenvalue weighted by atomic mass is 19.1. The molecular formula is C20H24FN5O. The fraction of sp³-hybridized carbons (Fsp3) is 0.350. The van der Waals surface area contributed by atoms with Gasteiger partial charge in [0.15, 0.2) is 0 Å². The Morgan fingerprint density at radius 1 is 1.22 bits per heavy atom. The molecule has 0 fully saturated rings. The van der Waals surface area contributed by atoms with Crippen LogP contribution < -0.4 is 5.32 Å². The Kier molecular flexibility index (Phi) is 5.39. The molecule has 1 aromatic carbocycles. The maximum absolute atomic E-state index is 13.0. The van der Waals surface area contributed by atoms with Gasteiger partial charge in [0.05, 0.1) is 30.2 Å². The van der Waals surface area contributed by atoms with Crippen LogP contribution in [0.5, 0.6) is 0 Å². The number of halogens is 1. The number of carbonyl (C=O) groups is 1. The molecule has 1 N–H and O–H groups in total. The summed E-state index contributed by atoms with van der Waals surface area (Å²) in [6, 6.07) is 6.24. The molecule has 0 aliphatic heterocycles. The van der Waals surface area contributed by atoms with Gasteiger partial charge in [0.1, 0.15) is 5.82 Å². The quantitative estimate of drug-likeness (QED) is 0.719. The smallest absolute Gasteiger partial charge is 0.226 e. The molecule has 0 unspecified atom stereocenters. The standard InChI is InChI=1S/C20H24FN5O/c1-13(26-16(4)14(2)15(3)24-26)9-20(27)23-19-10-22-25(12-19)11-17-5-7-18(21)8-6-17/h5-8,10,12-13H,9,11H2,1-4H3,(H,23,27)/t13-/m0/s1. The van der Waals surface area contributed by atoms with E-state index in [-0.39, 0.29) is 17.8 Å². The molecule has 0 saturated heterocycles. The van der Waals surface area contributed by atoms with Crippen LogP contribution in [0.2, 0.25) is 0 Å². The Morgan fingerprint density at radius 3 is 2.56 bits per heavy atom. The molecule has 1 atom stereocenters. The van der Waals surface area contributed by atoms with Gasteiger partial charge in [0, 0.05) is 18.3 Å². The molecule has 0 spiro atoms. The number of benzene rings is 1. The maximum atomic E-state index is 13.0. The van der Waals surface area contributed by atoms with E-state index in [1.807, 2.05) is 32.4 Å². The number of nitrogens with zero attached hydrogens (tertiary/aromatic N) is 4. The summed E-state index contributed by atoms with van der Waals surface area (Å²) < 4.78 is 16.6. The molecule has 0 radical (unpaired) electrons. The van der Waals surface area contributed by atoms with Gasteiger partial charge in [-0.15, -0.1) is 0 Å². The number of rotatable bonds is 6. The van der Waals surface area contributed by atoms with Gasteiger partial charge in [-0.25, -0.2) is 4.39 Å². The third-order valence-electron chi connectivity index (χ3n) is 4.76. The van der Waals surface area contributed by atoms with Crippen molar-refractivity contribution >= 4 is 11.6 Å². The molecule has 7 heteroatoms. The van der Waals surface area contributed by atoms with E-state index < -0.39 is 0 Å². The lowest BCUT2D eigenvalue weighted by molar-refractivity contribution is -0.116. The van der Waals surface area contributed by atoms with Gasteiger partial charge in [-0.3, -0.25) is 14.2 Å². The Balaban J connectivity index is 1.58. The number of aromatic nitrogens is 4. The summed E-state index contributed by atoms with van der Waals surface area (Å²) in [7, 11) is 0. The molecule has 1 amide bonds. The molecule has 0 aliphatic rings. The molecular weight excluding hydrogens is 345 g/mol. The molecule has 2 heterocycles. The van der Waals surface area contributed by atoms with E-state index in [2.05, 4.69) is 15.5 Å². The summed E-state index contributed by atoms with van der Waals surface area (Å²) in [5.74, 6) is -0.354. The number of amides is 1. The van der Waals surface area contributed by atoms with Crippen molar-refractivity contribution in [3.05, 3.63) is 65.0 Å². The molecule has 0 aliphatic carbocycles. The van der Waals surface area contributed by atoms with Crippen LogP contribution in [-0.4, -0.2) is 25.5 Å². The van der Waals surface area contributed by atoms with Crippen molar-refractivity contribution in [2.75, 3.05) is 5.32 Å². The molecule has 6 nitrogen and oxygen atoms in total. The number of anilines is 1. The van der Waals surface area contributed by atoms with Crippen LogP contribution in [0, 0.1) is 26.6 Å². The Labute approximate surface area is 158 Å². The van der Waals surface area contributed by atoms with Crippen LogP contribution >= 0.6 is 0 Å². The van der Waals surface area contributed by atoms with Crippen molar-refractivity contribution in [1.29, 1.82) is 0 Å². The summed E-state index contributed by atoms with van der Waals surface area (Å²) in [4.78, 5) is 12.4. The van der Waals surface area contributed by atoms with E-state index in [1.54, 1.807) is 29.2 Å². The van der Waals surface area contributed by atoms with Crippen LogP contribution in [0.15, 0.2) is 36.7 Å². The third kappa shape index (κ3) is 4.42. The van der Waals surface area contributed by atoms with Crippen molar-refractivity contribution in [3.63, 3.8) is 0 Å². The van der Waals surface area contributed by atoms with Gasteiger partial charge >= 0.3 is 0 Å². The van der Waals surface area contributed by atoms with Crippen molar-refractivity contribution in [2.45, 2.75) is 46.7 Å². The molecule has 0 bridgehead atoms. The summed E-state index contributed by atoms with van der Waals surface area (Å²) in [6.45, 7) is 8.52. The first-order chi connectivity index (χ1) is 12.8. The number of carbonyl (C=O) groups excluding carboxylic acids is 1. The Morgan fingerprint density at radius 2 is 1.93 bits per heavy atom. The molecule has 27 heavy (non-hydrogen) atoms. The first kappa shape index (κ1) is 18.8. The lowest BCUT2D eigenvalue weighted by Crippen LogP contribution is -2.19. The van der Waals surface area contributed by atoms with Gasteiger partial charge in [-0.1, -0.05) is 12.1 Å². The van der Waals surface area contributed by atoms with Crippen molar-refractivity contribution in [3.8, 4) is 0 Å². The zero-order valence-corrected chi connectivity index (χ0v) is 16.0. The molecule has 142 valence electrons. The van der Waals surface area contributed by atoms with E-state index in [4.69, 9.17) is 0 Å². The Bertz CT molecular complexity index is 942. The predicted octanol–water partition coefficient (Wildman–Crippen LogP) is 3.78. The second-order valence-electron chi connectivity index (χ2n) is 6.89. The van der Waals surface area contributed by atoms with Gasteiger partial charge in [-0.2, -0.15) is 10.2 Å². The number of aryl methyl sites for hydroxylation is 1. The molecule has 2 aromatic heterocycles. The van der Waals surface area contributed by atoms with Crippen LogP contribution in [0.1, 0.15) is 41.9 Å². The van der Waals surface area contributed by atoms with Crippen LogP contribution in [-0.2, 0) is 11.3 Å². The minimum atomic E-state index is -0.265. The summed E-state index contributed by atoms with van der Waals surface area (Å²) in [5.41, 5.74) is 4.80. The SMILES string of the molecule is Cc1nn([C@@H](C)CC(=O)Nc2cnn(Cc3ccc(F)cc3)c2)c(C)c1C. The van der Waals surface area contributed by atoms with Gasteiger partial charge in [0.2, 0.25) is 5.91 Å². The van der Waals surface area contributed by atoms with E-state index in [0.717, 1.165) is 22.5 Å². The summed E-state index contributed by atoms with van der Waals surface area (Å²) in [6.07, 6.45) is 3.70. The van der Waals surface area contributed by atoms with Crippen molar-refractivity contribution in [1.82, 2.24) is 19.6 Å². The first-order valence-corrected chi connectivity index (χ1v) is 8.92. The van der Waals surface area contributed by atoms with Gasteiger partial charge in [0.25, 0.3) is 0 Å². The van der Waals surface area contributed by atoms with E-state index >= 15 is 0 Å². The number of hydrogen-bond donors (Lipinski definition) is 1. The van der Waals surface area contributed by atoms with Crippen LogP contribution in [0.4, 0.5) is 10.1 Å². The average Bonchev–Trinajstić information content (AvgIpc) is 3.16. The normalized spacial score (nSPS) is 12.2. The van der Waals surface area contributed by atoms with E-state index in [1.165, 1.54) is 12.1 Å². The largest absolute Gasteiger partial charge is 0.323 e. The second-order valence-corrected chi connectivity index (χ2v) is 6.89. The fourth-order valence-corrected chi connectivity index (χ4v) is 3.03. The lowest BCUT2D eigenvalue weighted by atomic mass is 10.2. The lowest BCUT2D eigenvalue weighted by Gasteiger charge is -2.14. The predicted molar refractivity (Wildman–Crippen MR) is 102 cm³/mol. The minimum Gasteiger partial charge on any atom is -0.323 e. The summed E-state index contributed by atoms with van der Waals surface area (Å²) in [5, 5.41) is 11.6. The van der Waals surface area contributed by atoms with Crippen LogP contribution in [0.25, 0.3) is 0 Å².